The molecule has 13 rings (SSSR count). The van der Waals surface area contributed by atoms with Gasteiger partial charge in [-0.25, -0.2) is 39.5 Å². The Bertz CT molecular complexity index is 4580. The van der Waals surface area contributed by atoms with Gasteiger partial charge in [-0.3, -0.25) is 0 Å². The summed E-state index contributed by atoms with van der Waals surface area (Å²) < 4.78 is 53.7. The van der Waals surface area contributed by atoms with Crippen LogP contribution in [-0.4, -0.2) is 136 Å². The molecule has 7 aromatic heterocycles. The number of carbonyl (C=O) groups excluding carboxylic acids is 2. The molecule has 4 atom stereocenters. The average molecular weight is 1350 g/mol. The number of amides is 2. The van der Waals surface area contributed by atoms with Crippen LogP contribution in [0.2, 0.25) is 0 Å². The van der Waals surface area contributed by atoms with Gasteiger partial charge in [-0.05, 0) is 124 Å². The van der Waals surface area contributed by atoms with Crippen LogP contribution in [0, 0.1) is 20.8 Å². The summed E-state index contributed by atoms with van der Waals surface area (Å²) in [5.41, 5.74) is 17.2. The van der Waals surface area contributed by atoms with Gasteiger partial charge in [-0.2, -0.15) is 21.8 Å². The number of pyridine rings is 2. The molecule has 11 aromatic rings. The zero-order valence-corrected chi connectivity index (χ0v) is 54.6. The number of piperidine rings is 2. The second-order valence-electron chi connectivity index (χ2n) is 22.8. The zero-order valence-electron chi connectivity index (χ0n) is 53.0. The van der Waals surface area contributed by atoms with Gasteiger partial charge in [0.25, 0.3) is 0 Å². The number of nitrogens with zero attached hydrogens (tertiary/aromatic N) is 13. The van der Waals surface area contributed by atoms with Crippen molar-refractivity contribution in [3.63, 3.8) is 0 Å². The van der Waals surface area contributed by atoms with Crippen LogP contribution in [0.15, 0.2) is 180 Å². The fourth-order valence-electron chi connectivity index (χ4n) is 11.4. The zero-order chi connectivity index (χ0) is 67.7. The first-order valence-corrected chi connectivity index (χ1v) is 31.9. The Kier molecular flexibility index (Phi) is 23.9. The number of benzene rings is 4. The van der Waals surface area contributed by atoms with E-state index in [4.69, 9.17) is 56.5 Å². The van der Waals surface area contributed by atoms with Crippen molar-refractivity contribution in [2.24, 2.45) is 10.9 Å². The Balaban J connectivity index is 0.000000209. The minimum absolute atomic E-state index is 0. The molecule has 0 bridgehead atoms. The van der Waals surface area contributed by atoms with E-state index in [1.54, 1.807) is 29.0 Å². The van der Waals surface area contributed by atoms with Gasteiger partial charge < -0.3 is 54.5 Å². The standard InChI is InChI=1S/C35H34N8O3.C33H34N8O3.CH4.2O2S/c1-22-18-36-34(38-26-15-14-23(2)42(19-26)35(44)45-21-25-10-6-4-7-11-25)40-31(22)29-20-43(27-12-8-5-9-13-27)33-28(29)16-17-30(39-33)32-37-24(3)46-41-32;1-21-17-35-32(36-24-14-13-22(2)40(18-24)33(42)44-20-23-9-5-3-6-10-23)38-29(21)27-19-41(25-11-7-4-8-12-25)31-26(27)15-16-28(37-31)30(34)39-43;;2*1-3-2/h4-13,16-18,20,23,26H,14-15,19,21H2,1-3H3,(H,36,38,40);3-12,15-17,19,22,24,43H,13-14,18,20H2,1-2H3,(H2,34,39)(H,35,36,38);1H4;;/t23-,26-;22-,24-;;;/m00.../s1. The molecule has 9 heterocycles. The van der Waals surface area contributed by atoms with E-state index in [0.29, 0.717) is 53.7 Å². The molecule has 0 radical (unpaired) electrons. The molecule has 4 aromatic carbocycles. The van der Waals surface area contributed by atoms with Crippen LogP contribution in [0.3, 0.4) is 0 Å². The number of hydrogen-bond acceptors (Lipinski definition) is 21. The van der Waals surface area contributed by atoms with Crippen molar-refractivity contribution in [1.29, 1.82) is 0 Å². The number of oxime groups is 1. The molecule has 28 heteroatoms. The second kappa shape index (κ2) is 33.1. The first-order valence-electron chi connectivity index (χ1n) is 30.6. The van der Waals surface area contributed by atoms with Gasteiger partial charge >= 0.3 is 35.3 Å². The molecule has 2 amide bonds. The maximum Gasteiger partial charge on any atom is 0.410 e. The molecule has 2 aliphatic rings. The summed E-state index contributed by atoms with van der Waals surface area (Å²) in [6.07, 6.45) is 10.5. The number of amidine groups is 1. The Morgan fingerprint density at radius 2 is 1.01 bits per heavy atom. The predicted molar refractivity (Wildman–Crippen MR) is 368 cm³/mol. The monoisotopic (exact) mass is 1350 g/mol. The van der Waals surface area contributed by atoms with Crippen LogP contribution < -0.4 is 16.4 Å². The molecule has 0 spiro atoms. The fourth-order valence-corrected chi connectivity index (χ4v) is 11.4. The fraction of sp³-hybridized carbons (Fsp3) is 0.261. The highest BCUT2D eigenvalue weighted by atomic mass is 32.1. The summed E-state index contributed by atoms with van der Waals surface area (Å²) in [7, 11) is 0. The van der Waals surface area contributed by atoms with Gasteiger partial charge in [0.15, 0.2) is 5.84 Å². The van der Waals surface area contributed by atoms with Crippen LogP contribution >= 0.6 is 0 Å². The van der Waals surface area contributed by atoms with Crippen molar-refractivity contribution in [2.45, 2.75) is 105 Å². The molecule has 97 heavy (non-hydrogen) atoms. The van der Waals surface area contributed by atoms with Crippen LogP contribution in [0.1, 0.15) is 80.8 Å². The van der Waals surface area contributed by atoms with Crippen molar-refractivity contribution in [1.82, 2.24) is 59.0 Å². The molecular formula is C69H72N16O10S2. The van der Waals surface area contributed by atoms with Crippen LogP contribution in [-0.2, 0) is 45.8 Å². The van der Waals surface area contributed by atoms with Crippen molar-refractivity contribution < 1.29 is 45.6 Å². The number of hydrogen-bond donors (Lipinski definition) is 4. The molecule has 0 unspecified atom stereocenters. The van der Waals surface area contributed by atoms with Gasteiger partial charge in [0.2, 0.25) is 23.6 Å². The number of carbonyl (C=O) groups is 2. The number of likely N-dealkylation sites (tertiary alicyclic amines) is 2. The molecular weight excluding hydrogens is 1280 g/mol. The van der Waals surface area contributed by atoms with Crippen LogP contribution in [0.4, 0.5) is 21.5 Å². The first-order chi connectivity index (χ1) is 46.7. The van der Waals surface area contributed by atoms with E-state index in [1.807, 2.05) is 177 Å². The SMILES string of the molecule is C.Cc1cnc(N[C@H]2CC[C@H](C)N(C(=O)OCc3ccccc3)C2)nc1-c1cn(-c2ccccc2)c2nc(/C(N)=N/O)ccc12.Cc1nc(-c2ccc3c(-c4nc(N[C@H]5CC[C@H](C)N(C(=O)OCc6ccccc6)C5)ncc4C)cn(-c4ccccc4)c3n2)no1.O=S=O.O=S=O. The molecule has 26 nitrogen and oxygen atoms in total. The molecule has 5 N–H and O–H groups in total. The molecule has 0 aliphatic carbocycles. The minimum Gasteiger partial charge on any atom is -0.445 e. The molecule has 500 valence electrons. The summed E-state index contributed by atoms with van der Waals surface area (Å²) >= 11 is -1.50. The summed E-state index contributed by atoms with van der Waals surface area (Å²) in [6.45, 7) is 11.3. The number of para-hydroxylation sites is 2. The van der Waals surface area contributed by atoms with E-state index in [9.17, 15) is 14.8 Å². The van der Waals surface area contributed by atoms with Crippen molar-refractivity contribution in [2.75, 3.05) is 23.7 Å². The quantitative estimate of drug-likeness (QED) is 0.0340. The Hall–Kier alpha value is -11.4. The maximum atomic E-state index is 13.0. The van der Waals surface area contributed by atoms with Crippen molar-refractivity contribution in [3.05, 3.63) is 204 Å². The summed E-state index contributed by atoms with van der Waals surface area (Å²) in [4.78, 5) is 62.8. The lowest BCUT2D eigenvalue weighted by Gasteiger charge is -2.37. The number of aryl methyl sites for hydroxylation is 3. The van der Waals surface area contributed by atoms with Gasteiger partial charge in [-0.1, -0.05) is 115 Å². The van der Waals surface area contributed by atoms with Crippen LogP contribution in [0.5, 0.6) is 0 Å². The number of rotatable bonds is 14. The highest BCUT2D eigenvalue weighted by molar-refractivity contribution is 7.52. The third kappa shape index (κ3) is 17.1. The normalized spacial score (nSPS) is 15.8. The van der Waals surface area contributed by atoms with E-state index >= 15 is 0 Å². The number of nitrogens with one attached hydrogen (secondary N) is 2. The third-order valence-corrected chi connectivity index (χ3v) is 16.3. The van der Waals surface area contributed by atoms with Crippen molar-refractivity contribution in [3.8, 4) is 45.4 Å². The predicted octanol–water partition coefficient (Wildman–Crippen LogP) is 11.5. The van der Waals surface area contributed by atoms with E-state index in [-0.39, 0.29) is 62.8 Å². The minimum atomic E-state index is -0.750. The number of ether oxygens (including phenoxy) is 2. The van der Waals surface area contributed by atoms with Gasteiger partial charge in [0, 0.05) is 102 Å². The lowest BCUT2D eigenvalue weighted by Crippen LogP contribution is -2.50. The average Bonchev–Trinajstić information content (AvgIpc) is 1.62. The number of nitrogens with two attached hydrogens (primary N) is 1. The smallest absolute Gasteiger partial charge is 0.410 e. The van der Waals surface area contributed by atoms with Crippen LogP contribution in [0.25, 0.3) is 67.5 Å². The van der Waals surface area contributed by atoms with E-state index in [0.717, 1.165) is 98.2 Å². The summed E-state index contributed by atoms with van der Waals surface area (Å²) in [5.74, 6) is 1.83. The first kappa shape index (κ1) is 69.9. The topological polar surface area (TPSA) is 336 Å². The third-order valence-electron chi connectivity index (χ3n) is 16.3. The number of aromatic nitrogens is 10. The Morgan fingerprint density at radius 1 is 0.588 bits per heavy atom. The second-order valence-corrected chi connectivity index (χ2v) is 23.0. The van der Waals surface area contributed by atoms with E-state index < -0.39 is 23.1 Å². The Morgan fingerprint density at radius 3 is 1.43 bits per heavy atom. The summed E-state index contributed by atoms with van der Waals surface area (Å²) in [5, 5.41) is 25.2. The van der Waals surface area contributed by atoms with Gasteiger partial charge in [0.05, 0.1) is 11.4 Å². The van der Waals surface area contributed by atoms with Crippen molar-refractivity contribution >= 4 is 75.1 Å². The van der Waals surface area contributed by atoms with Gasteiger partial charge in [-0.15, -0.1) is 0 Å². The lowest BCUT2D eigenvalue weighted by atomic mass is 10.00. The van der Waals surface area contributed by atoms with Gasteiger partial charge in [0.1, 0.15) is 35.9 Å². The van der Waals surface area contributed by atoms with E-state index in [2.05, 4.69) is 53.6 Å². The lowest BCUT2D eigenvalue weighted by molar-refractivity contribution is 0.0689. The highest BCUT2D eigenvalue weighted by Crippen LogP contribution is 2.36. The highest BCUT2D eigenvalue weighted by Gasteiger charge is 2.33. The largest absolute Gasteiger partial charge is 0.445 e. The Labute approximate surface area is 566 Å². The summed E-state index contributed by atoms with van der Waals surface area (Å²) in [6, 6.07) is 46.9. The van der Waals surface area contributed by atoms with E-state index in [1.165, 1.54) is 0 Å². The molecule has 2 fully saturated rings. The maximum absolute atomic E-state index is 13.0. The molecule has 2 aliphatic heterocycles. The molecule has 2 saturated heterocycles. The molecule has 0 saturated carbocycles. The number of anilines is 2. The number of fused-ring (bicyclic) bond motifs is 2.